The largest absolute Gasteiger partial charge is 0.399 e. The number of alkyl halides is 1. The summed E-state index contributed by atoms with van der Waals surface area (Å²) in [7, 11) is 0. The third-order valence-electron chi connectivity index (χ3n) is 3.85. The Morgan fingerprint density at radius 1 is 1.24 bits per heavy atom. The maximum Gasteiger partial charge on any atom is 0.269 e. The molecule has 0 spiro atoms. The van der Waals surface area contributed by atoms with Crippen molar-refractivity contribution < 1.29 is 14.5 Å². The van der Waals surface area contributed by atoms with Crippen LogP contribution < -0.4 is 11.2 Å². The number of carbonyl (C=O) groups is 2. The van der Waals surface area contributed by atoms with Gasteiger partial charge in [0.05, 0.1) is 4.92 Å². The molecular weight excluding hydrogens is 348 g/mol. The van der Waals surface area contributed by atoms with Crippen molar-refractivity contribution in [2.75, 3.05) is 5.73 Å². The number of nitrogens with two attached hydrogens (primary N) is 1. The number of nitro groups is 1. The lowest BCUT2D eigenvalue weighted by molar-refractivity contribution is -0.385. The first-order valence-corrected chi connectivity index (χ1v) is 7.70. The van der Waals surface area contributed by atoms with Gasteiger partial charge in [-0.2, -0.15) is 0 Å². The summed E-state index contributed by atoms with van der Waals surface area (Å²) < 4.78 is 0. The zero-order valence-corrected chi connectivity index (χ0v) is 13.5. The van der Waals surface area contributed by atoms with Crippen molar-refractivity contribution >= 4 is 34.8 Å². The van der Waals surface area contributed by atoms with E-state index >= 15 is 0 Å². The van der Waals surface area contributed by atoms with E-state index in [1.807, 2.05) is 0 Å². The number of halogens is 1. The van der Waals surface area contributed by atoms with Crippen LogP contribution >= 0.6 is 11.6 Å². The van der Waals surface area contributed by atoms with E-state index in [1.165, 1.54) is 30.3 Å². The fourth-order valence-electron chi connectivity index (χ4n) is 2.53. The maximum absolute atomic E-state index is 12.3. The van der Waals surface area contributed by atoms with Crippen molar-refractivity contribution in [3.05, 3.63) is 69.8 Å². The van der Waals surface area contributed by atoms with Crippen LogP contribution in [0.1, 0.15) is 22.0 Å². The molecule has 2 atom stereocenters. The lowest BCUT2D eigenvalue weighted by Crippen LogP contribution is -2.63. The molecule has 0 radical (unpaired) electrons. The highest BCUT2D eigenvalue weighted by Gasteiger charge is 2.48. The highest BCUT2D eigenvalue weighted by molar-refractivity contribution is 6.33. The number of hydrogen-bond donors (Lipinski definition) is 2. The Morgan fingerprint density at radius 2 is 1.92 bits per heavy atom. The van der Waals surface area contributed by atoms with Crippen LogP contribution in [-0.4, -0.2) is 27.1 Å². The zero-order chi connectivity index (χ0) is 18.1. The Morgan fingerprint density at radius 3 is 2.56 bits per heavy atom. The van der Waals surface area contributed by atoms with Crippen molar-refractivity contribution in [1.82, 2.24) is 10.4 Å². The van der Waals surface area contributed by atoms with Gasteiger partial charge < -0.3 is 5.73 Å². The summed E-state index contributed by atoms with van der Waals surface area (Å²) in [6.45, 7) is 0. The molecule has 8 nitrogen and oxygen atoms in total. The fourth-order valence-corrected chi connectivity index (χ4v) is 2.89. The molecule has 1 fully saturated rings. The monoisotopic (exact) mass is 360 g/mol. The molecule has 0 saturated carbocycles. The number of hydrazine groups is 1. The minimum atomic E-state index is -0.909. The molecule has 9 heteroatoms. The number of nitro benzene ring substituents is 1. The number of nitrogens with one attached hydrogen (secondary N) is 1. The molecule has 0 aromatic heterocycles. The maximum atomic E-state index is 12.3. The van der Waals surface area contributed by atoms with Crippen LogP contribution in [0.5, 0.6) is 0 Å². The number of nitrogen functional groups attached to an aromatic ring is 1. The lowest BCUT2D eigenvalue weighted by Gasteiger charge is -2.43. The van der Waals surface area contributed by atoms with E-state index in [0.29, 0.717) is 16.8 Å². The summed E-state index contributed by atoms with van der Waals surface area (Å²) >= 11 is 6.05. The number of benzene rings is 2. The normalized spacial score (nSPS) is 19.2. The first-order valence-electron chi connectivity index (χ1n) is 7.26. The quantitative estimate of drug-likeness (QED) is 0.284. The van der Waals surface area contributed by atoms with Crippen molar-refractivity contribution in [1.29, 1.82) is 0 Å². The Balaban J connectivity index is 1.82. The molecule has 0 aliphatic carbocycles. The lowest BCUT2D eigenvalue weighted by atomic mass is 9.95. The molecule has 0 unspecified atom stereocenters. The van der Waals surface area contributed by atoms with E-state index in [4.69, 9.17) is 17.3 Å². The number of hydrogen-bond acceptors (Lipinski definition) is 5. The Hall–Kier alpha value is -3.13. The highest BCUT2D eigenvalue weighted by atomic mass is 35.5. The molecular formula is C16H13ClN4O4. The summed E-state index contributed by atoms with van der Waals surface area (Å²) in [4.78, 5) is 34.7. The average Bonchev–Trinajstić information content (AvgIpc) is 2.61. The van der Waals surface area contributed by atoms with E-state index in [1.54, 1.807) is 18.2 Å². The van der Waals surface area contributed by atoms with Gasteiger partial charge in [-0.3, -0.25) is 25.1 Å². The SMILES string of the molecule is Nc1ccc(C(=O)NN2C(=O)[C@@H](Cl)[C@H]2c2cccc([N+](=O)[O-])c2)cc1. The summed E-state index contributed by atoms with van der Waals surface area (Å²) in [6, 6.07) is 11.3. The molecule has 2 amide bonds. The number of β-lactam (4-membered cyclic amide) rings is 1. The van der Waals surface area contributed by atoms with Crippen LogP contribution in [-0.2, 0) is 4.79 Å². The minimum absolute atomic E-state index is 0.120. The van der Waals surface area contributed by atoms with Crippen molar-refractivity contribution in [3.8, 4) is 0 Å². The Kier molecular flexibility index (Phi) is 4.28. The van der Waals surface area contributed by atoms with Crippen LogP contribution in [0.4, 0.5) is 11.4 Å². The third-order valence-corrected chi connectivity index (χ3v) is 4.27. The van der Waals surface area contributed by atoms with Gasteiger partial charge >= 0.3 is 0 Å². The van der Waals surface area contributed by atoms with Crippen LogP contribution in [0.3, 0.4) is 0 Å². The van der Waals surface area contributed by atoms with Gasteiger partial charge in [-0.1, -0.05) is 12.1 Å². The van der Waals surface area contributed by atoms with Gasteiger partial charge in [-0.25, -0.2) is 5.01 Å². The molecule has 1 saturated heterocycles. The number of nitrogens with zero attached hydrogens (tertiary/aromatic N) is 2. The molecule has 1 aliphatic heterocycles. The molecule has 1 aliphatic rings. The molecule has 3 rings (SSSR count). The van der Waals surface area contributed by atoms with Crippen molar-refractivity contribution in [3.63, 3.8) is 0 Å². The third kappa shape index (κ3) is 3.11. The van der Waals surface area contributed by atoms with Crippen LogP contribution in [0.15, 0.2) is 48.5 Å². The van der Waals surface area contributed by atoms with E-state index in [9.17, 15) is 19.7 Å². The van der Waals surface area contributed by atoms with Gasteiger partial charge in [0.15, 0.2) is 0 Å². The van der Waals surface area contributed by atoms with Gasteiger partial charge in [0.1, 0.15) is 11.4 Å². The van der Waals surface area contributed by atoms with Gasteiger partial charge in [0.2, 0.25) is 0 Å². The van der Waals surface area contributed by atoms with Crippen LogP contribution in [0.25, 0.3) is 0 Å². The fraction of sp³-hybridized carbons (Fsp3) is 0.125. The first-order chi connectivity index (χ1) is 11.9. The summed E-state index contributed by atoms with van der Waals surface area (Å²) in [5, 5.41) is 11.1. The van der Waals surface area contributed by atoms with Crippen LogP contribution in [0.2, 0.25) is 0 Å². The molecule has 128 valence electrons. The highest BCUT2D eigenvalue weighted by Crippen LogP contribution is 2.38. The van der Waals surface area contributed by atoms with Crippen molar-refractivity contribution in [2.24, 2.45) is 0 Å². The number of rotatable bonds is 4. The number of amides is 2. The number of carbonyl (C=O) groups excluding carboxylic acids is 2. The zero-order valence-electron chi connectivity index (χ0n) is 12.8. The van der Waals surface area contributed by atoms with Gasteiger partial charge in [0, 0.05) is 23.4 Å². The van der Waals surface area contributed by atoms with Crippen molar-refractivity contribution in [2.45, 2.75) is 11.4 Å². The smallest absolute Gasteiger partial charge is 0.269 e. The average molecular weight is 361 g/mol. The predicted molar refractivity (Wildman–Crippen MR) is 90.6 cm³/mol. The second-order valence-electron chi connectivity index (χ2n) is 5.47. The van der Waals surface area contributed by atoms with Gasteiger partial charge in [0.25, 0.3) is 17.5 Å². The van der Waals surface area contributed by atoms with E-state index in [-0.39, 0.29) is 5.69 Å². The molecule has 2 aromatic carbocycles. The minimum Gasteiger partial charge on any atom is -0.399 e. The molecule has 2 aromatic rings. The topological polar surface area (TPSA) is 119 Å². The Bertz CT molecular complexity index is 855. The standard InChI is InChI=1S/C16H13ClN4O4/c17-13-14(10-2-1-3-12(8-10)21(24)25)20(16(13)23)19-15(22)9-4-6-11(18)7-5-9/h1-8,13-14H,18H2,(H,19,22)/t13-,14+/m0/s1. The first kappa shape index (κ1) is 16.7. The van der Waals surface area contributed by atoms with Crippen LogP contribution in [0, 0.1) is 10.1 Å². The predicted octanol–water partition coefficient (Wildman–Crippen LogP) is 2.01. The summed E-state index contributed by atoms with van der Waals surface area (Å²) in [5.41, 5.74) is 9.22. The Labute approximate surface area is 147 Å². The van der Waals surface area contributed by atoms with E-state index in [2.05, 4.69) is 5.43 Å². The molecule has 1 heterocycles. The van der Waals surface area contributed by atoms with Gasteiger partial charge in [-0.05, 0) is 29.8 Å². The number of anilines is 1. The second kappa shape index (κ2) is 6.40. The summed E-state index contributed by atoms with van der Waals surface area (Å²) in [6.07, 6.45) is 0. The van der Waals surface area contributed by atoms with Gasteiger partial charge in [-0.15, -0.1) is 11.6 Å². The number of non-ortho nitro benzene ring substituents is 1. The molecule has 0 bridgehead atoms. The molecule has 3 N–H and O–H groups in total. The summed E-state index contributed by atoms with van der Waals surface area (Å²) in [5.74, 6) is -0.991. The molecule has 25 heavy (non-hydrogen) atoms. The van der Waals surface area contributed by atoms with E-state index in [0.717, 1.165) is 5.01 Å². The van der Waals surface area contributed by atoms with E-state index < -0.39 is 28.2 Å². The second-order valence-corrected chi connectivity index (χ2v) is 5.94.